The Bertz CT molecular complexity index is 933. The third-order valence-electron chi connectivity index (χ3n) is 4.31. The second-order valence-corrected chi connectivity index (χ2v) is 6.67. The normalized spacial score (nSPS) is 13.7. The molecule has 2 aromatic carbocycles. The molecule has 8 heteroatoms. The van der Waals surface area contributed by atoms with E-state index < -0.39 is 29.1 Å². The van der Waals surface area contributed by atoms with Crippen LogP contribution in [0.15, 0.2) is 42.5 Å². The van der Waals surface area contributed by atoms with E-state index in [2.05, 4.69) is 5.32 Å². The summed E-state index contributed by atoms with van der Waals surface area (Å²) in [6.45, 7) is 1.80. The molecule has 5 nitrogen and oxygen atoms in total. The molecule has 0 aliphatic heterocycles. The summed E-state index contributed by atoms with van der Waals surface area (Å²) in [6.07, 6.45) is -3.35. The van der Waals surface area contributed by atoms with Crippen LogP contribution in [0.5, 0.6) is 0 Å². The van der Waals surface area contributed by atoms with Crippen LogP contribution in [0.2, 0.25) is 0 Å². The number of rotatable bonds is 5. The van der Waals surface area contributed by atoms with Gasteiger partial charge in [-0.05, 0) is 38.0 Å². The van der Waals surface area contributed by atoms with Gasteiger partial charge in [0.25, 0.3) is 11.7 Å². The van der Waals surface area contributed by atoms with Crippen molar-refractivity contribution in [3.8, 4) is 0 Å². The van der Waals surface area contributed by atoms with Gasteiger partial charge in [0.1, 0.15) is 0 Å². The minimum Gasteiger partial charge on any atom is -0.326 e. The van der Waals surface area contributed by atoms with Gasteiger partial charge in [-0.25, -0.2) is 0 Å². The first-order chi connectivity index (χ1) is 13.1. The van der Waals surface area contributed by atoms with Crippen molar-refractivity contribution in [1.29, 1.82) is 0 Å². The van der Waals surface area contributed by atoms with Gasteiger partial charge in [-0.15, -0.1) is 0 Å². The van der Waals surface area contributed by atoms with Crippen molar-refractivity contribution in [1.82, 2.24) is 0 Å². The van der Waals surface area contributed by atoms with Crippen molar-refractivity contribution in [2.45, 2.75) is 25.9 Å². The predicted molar refractivity (Wildman–Crippen MR) is 96.9 cm³/mol. The topological polar surface area (TPSA) is 75.3 Å². The molecule has 2 aromatic rings. The number of hydrogen-bond donors (Lipinski definition) is 2. The summed E-state index contributed by atoms with van der Waals surface area (Å²) in [7, 11) is 0. The first kappa shape index (κ1) is 19.6. The Morgan fingerprint density at radius 2 is 1.61 bits per heavy atom. The van der Waals surface area contributed by atoms with Gasteiger partial charge in [0, 0.05) is 17.2 Å². The van der Waals surface area contributed by atoms with Gasteiger partial charge in [0.05, 0.1) is 11.3 Å². The summed E-state index contributed by atoms with van der Waals surface area (Å²) in [5, 5.41) is 4.46. The van der Waals surface area contributed by atoms with Crippen LogP contribution in [-0.2, 0) is 15.8 Å². The van der Waals surface area contributed by atoms with Gasteiger partial charge in [-0.1, -0.05) is 29.8 Å². The van der Waals surface area contributed by atoms with E-state index in [0.29, 0.717) is 12.8 Å². The number of aryl methyl sites for hydroxylation is 1. The predicted octanol–water partition coefficient (Wildman–Crippen LogP) is 4.18. The molecule has 2 amide bonds. The molecule has 2 N–H and O–H groups in total. The number of halogens is 3. The molecule has 0 aromatic heterocycles. The SMILES string of the molecule is Cc1ccc(C(=O)C(=O)Nc2ccc(NC(=O)C3CC3)cc2C(F)(F)F)cc1. The molecule has 0 heterocycles. The minimum absolute atomic E-state index is 0.0212. The summed E-state index contributed by atoms with van der Waals surface area (Å²) >= 11 is 0. The van der Waals surface area contributed by atoms with Gasteiger partial charge in [0.15, 0.2) is 0 Å². The Kier molecular flexibility index (Phi) is 5.22. The molecule has 0 atom stereocenters. The molecular formula is C20H17F3N2O3. The fourth-order valence-electron chi connectivity index (χ4n) is 2.57. The zero-order chi connectivity index (χ0) is 20.5. The molecule has 1 aliphatic carbocycles. The Labute approximate surface area is 158 Å². The second-order valence-electron chi connectivity index (χ2n) is 6.67. The molecule has 0 radical (unpaired) electrons. The summed E-state index contributed by atoms with van der Waals surface area (Å²) in [6, 6.07) is 9.12. The smallest absolute Gasteiger partial charge is 0.326 e. The number of hydrogen-bond acceptors (Lipinski definition) is 3. The average Bonchev–Trinajstić information content (AvgIpc) is 3.47. The number of Topliss-reactive ketones (excluding diaryl/α,β-unsaturated/α-hetero) is 1. The standard InChI is InChI=1S/C20H17F3N2O3/c1-11-2-4-12(5-3-11)17(26)19(28)25-16-9-8-14(10-15(16)20(21,22)23)24-18(27)13-6-7-13/h2-5,8-10,13H,6-7H2,1H3,(H,24,27)(H,25,28). The first-order valence-electron chi connectivity index (χ1n) is 8.59. The van der Waals surface area contributed by atoms with E-state index in [-0.39, 0.29) is 23.1 Å². The summed E-state index contributed by atoms with van der Waals surface area (Å²) in [5.41, 5.74) is -0.772. The minimum atomic E-state index is -4.78. The Balaban J connectivity index is 1.81. The van der Waals surface area contributed by atoms with E-state index in [4.69, 9.17) is 0 Å². The Morgan fingerprint density at radius 3 is 2.18 bits per heavy atom. The molecule has 146 valence electrons. The highest BCUT2D eigenvalue weighted by atomic mass is 19.4. The summed E-state index contributed by atoms with van der Waals surface area (Å²) in [5.74, 6) is -2.62. The number of nitrogens with one attached hydrogen (secondary N) is 2. The largest absolute Gasteiger partial charge is 0.418 e. The molecule has 0 spiro atoms. The van der Waals surface area contributed by atoms with E-state index in [1.54, 1.807) is 19.1 Å². The zero-order valence-electron chi connectivity index (χ0n) is 14.9. The summed E-state index contributed by atoms with van der Waals surface area (Å²) < 4.78 is 40.2. The van der Waals surface area contributed by atoms with Crippen molar-refractivity contribution in [3.05, 3.63) is 59.2 Å². The third-order valence-corrected chi connectivity index (χ3v) is 4.31. The number of benzene rings is 2. The van der Waals surface area contributed by atoms with E-state index in [1.807, 2.05) is 5.32 Å². The Morgan fingerprint density at radius 1 is 0.964 bits per heavy atom. The third kappa shape index (κ3) is 4.57. The molecule has 1 saturated carbocycles. The van der Waals surface area contributed by atoms with Crippen LogP contribution in [-0.4, -0.2) is 17.6 Å². The number of anilines is 2. The second kappa shape index (κ2) is 7.46. The molecule has 0 unspecified atom stereocenters. The molecule has 0 bridgehead atoms. The van der Waals surface area contributed by atoms with Crippen LogP contribution < -0.4 is 10.6 Å². The van der Waals surface area contributed by atoms with Crippen molar-refractivity contribution in [2.75, 3.05) is 10.6 Å². The van der Waals surface area contributed by atoms with Crippen LogP contribution in [0.4, 0.5) is 24.5 Å². The monoisotopic (exact) mass is 390 g/mol. The van der Waals surface area contributed by atoms with Crippen molar-refractivity contribution in [2.24, 2.45) is 5.92 Å². The fourth-order valence-corrected chi connectivity index (χ4v) is 2.57. The zero-order valence-corrected chi connectivity index (χ0v) is 14.9. The van der Waals surface area contributed by atoms with Crippen LogP contribution in [0.25, 0.3) is 0 Å². The van der Waals surface area contributed by atoms with Gasteiger partial charge in [0.2, 0.25) is 5.91 Å². The number of carbonyl (C=O) groups is 3. The number of amides is 2. The van der Waals surface area contributed by atoms with E-state index >= 15 is 0 Å². The molecule has 0 saturated heterocycles. The van der Waals surface area contributed by atoms with Gasteiger partial charge < -0.3 is 10.6 Å². The highest BCUT2D eigenvalue weighted by Gasteiger charge is 2.35. The Hall–Kier alpha value is -3.16. The van der Waals surface area contributed by atoms with Gasteiger partial charge in [-0.2, -0.15) is 13.2 Å². The molecule has 28 heavy (non-hydrogen) atoms. The maximum absolute atomic E-state index is 13.4. The first-order valence-corrected chi connectivity index (χ1v) is 8.59. The highest BCUT2D eigenvalue weighted by molar-refractivity contribution is 6.46. The number of alkyl halides is 3. The molecule has 3 rings (SSSR count). The molecule has 1 aliphatic rings. The maximum atomic E-state index is 13.4. The lowest BCUT2D eigenvalue weighted by molar-refractivity contribution is -0.137. The fraction of sp³-hybridized carbons (Fsp3) is 0.250. The van der Waals surface area contributed by atoms with Crippen LogP contribution in [0.1, 0.15) is 34.3 Å². The number of ketones is 1. The van der Waals surface area contributed by atoms with Gasteiger partial charge >= 0.3 is 6.18 Å². The molecular weight excluding hydrogens is 373 g/mol. The van der Waals surface area contributed by atoms with Crippen molar-refractivity contribution < 1.29 is 27.6 Å². The quantitative estimate of drug-likeness (QED) is 0.594. The van der Waals surface area contributed by atoms with Crippen molar-refractivity contribution >= 4 is 29.0 Å². The molecule has 1 fully saturated rings. The highest BCUT2D eigenvalue weighted by Crippen LogP contribution is 2.37. The lowest BCUT2D eigenvalue weighted by atomic mass is 10.1. The van der Waals surface area contributed by atoms with Crippen molar-refractivity contribution in [3.63, 3.8) is 0 Å². The van der Waals surface area contributed by atoms with E-state index in [9.17, 15) is 27.6 Å². The van der Waals surface area contributed by atoms with Crippen LogP contribution in [0, 0.1) is 12.8 Å². The van der Waals surface area contributed by atoms with E-state index in [1.165, 1.54) is 18.2 Å². The average molecular weight is 390 g/mol. The lowest BCUT2D eigenvalue weighted by Gasteiger charge is -2.15. The van der Waals surface area contributed by atoms with E-state index in [0.717, 1.165) is 17.7 Å². The maximum Gasteiger partial charge on any atom is 0.418 e. The lowest BCUT2D eigenvalue weighted by Crippen LogP contribution is -2.25. The summed E-state index contributed by atoms with van der Waals surface area (Å²) in [4.78, 5) is 36.1. The van der Waals surface area contributed by atoms with Crippen LogP contribution in [0.3, 0.4) is 0 Å². The number of carbonyl (C=O) groups excluding carboxylic acids is 3. The van der Waals surface area contributed by atoms with Gasteiger partial charge in [-0.3, -0.25) is 14.4 Å². The van der Waals surface area contributed by atoms with Crippen LogP contribution >= 0.6 is 0 Å².